The van der Waals surface area contributed by atoms with Crippen LogP contribution in [0, 0.1) is 0 Å². The molecular weight excluding hydrogens is 356 g/mol. The first-order valence-electron chi connectivity index (χ1n) is 8.13. The molecule has 0 aliphatic carbocycles. The summed E-state index contributed by atoms with van der Waals surface area (Å²) in [5.74, 6) is -0.915. The van der Waals surface area contributed by atoms with Crippen molar-refractivity contribution in [1.82, 2.24) is 4.98 Å². The van der Waals surface area contributed by atoms with Crippen molar-refractivity contribution in [3.8, 4) is 0 Å². The number of carbonyl (C=O) groups is 2. The second-order valence-corrected chi connectivity index (χ2v) is 6.55. The van der Waals surface area contributed by atoms with Gasteiger partial charge in [0.15, 0.2) is 0 Å². The number of hydrogen-bond acceptors (Lipinski definition) is 8. The lowest BCUT2D eigenvalue weighted by molar-refractivity contribution is 0.0602. The van der Waals surface area contributed by atoms with Crippen molar-refractivity contribution in [3.05, 3.63) is 39.8 Å². The highest BCUT2D eigenvalue weighted by Crippen LogP contribution is 2.25. The number of nitrogens with zero attached hydrogens (tertiary/aromatic N) is 2. The van der Waals surface area contributed by atoms with Crippen LogP contribution in [0.25, 0.3) is 0 Å². The SMILES string of the molecule is COC(=O)c1cc(N2CCOCC2)ccc1NC(=O)c1csc(CN)n1. The van der Waals surface area contributed by atoms with Crippen molar-refractivity contribution in [2.75, 3.05) is 43.6 Å². The molecule has 0 saturated carbocycles. The Morgan fingerprint density at radius 1 is 1.38 bits per heavy atom. The molecule has 0 atom stereocenters. The van der Waals surface area contributed by atoms with Crippen LogP contribution in [0.2, 0.25) is 0 Å². The summed E-state index contributed by atoms with van der Waals surface area (Å²) >= 11 is 1.32. The van der Waals surface area contributed by atoms with Crippen molar-refractivity contribution in [3.63, 3.8) is 0 Å². The quantitative estimate of drug-likeness (QED) is 0.761. The Morgan fingerprint density at radius 2 is 2.15 bits per heavy atom. The maximum absolute atomic E-state index is 12.4. The first-order valence-corrected chi connectivity index (χ1v) is 9.01. The van der Waals surface area contributed by atoms with Gasteiger partial charge in [-0.15, -0.1) is 11.3 Å². The van der Waals surface area contributed by atoms with Gasteiger partial charge in [0.05, 0.1) is 31.6 Å². The maximum atomic E-state index is 12.4. The zero-order valence-corrected chi connectivity index (χ0v) is 15.2. The summed E-state index contributed by atoms with van der Waals surface area (Å²) in [6.45, 7) is 3.04. The van der Waals surface area contributed by atoms with Crippen LogP contribution in [0.5, 0.6) is 0 Å². The predicted octanol–water partition coefficient (Wildman–Crippen LogP) is 1.48. The Bertz CT molecular complexity index is 802. The molecule has 1 amide bonds. The molecule has 1 aromatic carbocycles. The van der Waals surface area contributed by atoms with Gasteiger partial charge >= 0.3 is 5.97 Å². The Labute approximate surface area is 154 Å². The number of esters is 1. The average molecular weight is 376 g/mol. The molecule has 0 spiro atoms. The maximum Gasteiger partial charge on any atom is 0.340 e. The monoisotopic (exact) mass is 376 g/mol. The van der Waals surface area contributed by atoms with Crippen molar-refractivity contribution in [2.45, 2.75) is 6.54 Å². The third kappa shape index (κ3) is 4.01. The van der Waals surface area contributed by atoms with Crippen LogP contribution in [-0.4, -0.2) is 50.3 Å². The number of hydrogen-bond donors (Lipinski definition) is 2. The van der Waals surface area contributed by atoms with E-state index in [9.17, 15) is 9.59 Å². The lowest BCUT2D eigenvalue weighted by Gasteiger charge is -2.29. The zero-order chi connectivity index (χ0) is 18.5. The number of thiazole rings is 1. The number of amides is 1. The van der Waals surface area contributed by atoms with Gasteiger partial charge < -0.3 is 25.4 Å². The number of anilines is 2. The van der Waals surface area contributed by atoms with E-state index in [1.807, 2.05) is 6.07 Å². The molecule has 0 unspecified atom stereocenters. The lowest BCUT2D eigenvalue weighted by Crippen LogP contribution is -2.36. The Kier molecular flexibility index (Phi) is 5.82. The minimum Gasteiger partial charge on any atom is -0.465 e. The van der Waals surface area contributed by atoms with Gasteiger partial charge in [-0.25, -0.2) is 9.78 Å². The third-order valence-electron chi connectivity index (χ3n) is 3.99. The highest BCUT2D eigenvalue weighted by atomic mass is 32.1. The smallest absolute Gasteiger partial charge is 0.340 e. The van der Waals surface area contributed by atoms with Crippen LogP contribution in [0.4, 0.5) is 11.4 Å². The zero-order valence-electron chi connectivity index (χ0n) is 14.4. The molecule has 3 N–H and O–H groups in total. The summed E-state index contributed by atoms with van der Waals surface area (Å²) in [5, 5.41) is 5.04. The topological polar surface area (TPSA) is 107 Å². The Hall–Kier alpha value is -2.49. The average Bonchev–Trinajstić information content (AvgIpc) is 3.18. The van der Waals surface area contributed by atoms with Crippen LogP contribution >= 0.6 is 11.3 Å². The second-order valence-electron chi connectivity index (χ2n) is 5.61. The van der Waals surface area contributed by atoms with Gasteiger partial charge in [0.1, 0.15) is 10.7 Å². The van der Waals surface area contributed by atoms with Gasteiger partial charge in [0, 0.05) is 30.7 Å². The molecule has 2 aromatic rings. The molecule has 0 radical (unpaired) electrons. The molecule has 2 heterocycles. The van der Waals surface area contributed by atoms with E-state index in [0.717, 1.165) is 18.8 Å². The van der Waals surface area contributed by atoms with Crippen molar-refractivity contribution in [2.24, 2.45) is 5.73 Å². The van der Waals surface area contributed by atoms with Gasteiger partial charge in [0.25, 0.3) is 5.91 Å². The summed E-state index contributed by atoms with van der Waals surface area (Å²) in [6, 6.07) is 5.28. The fourth-order valence-electron chi connectivity index (χ4n) is 2.63. The number of nitrogens with one attached hydrogen (secondary N) is 1. The summed E-state index contributed by atoms with van der Waals surface area (Å²) in [7, 11) is 1.31. The largest absolute Gasteiger partial charge is 0.465 e. The fraction of sp³-hybridized carbons (Fsp3) is 0.353. The van der Waals surface area contributed by atoms with Crippen molar-refractivity contribution in [1.29, 1.82) is 0 Å². The lowest BCUT2D eigenvalue weighted by atomic mass is 10.1. The number of methoxy groups -OCH3 is 1. The van der Waals surface area contributed by atoms with E-state index in [0.29, 0.717) is 29.5 Å². The number of nitrogens with two attached hydrogens (primary N) is 1. The summed E-state index contributed by atoms with van der Waals surface area (Å²) < 4.78 is 10.2. The highest BCUT2D eigenvalue weighted by molar-refractivity contribution is 7.09. The van der Waals surface area contributed by atoms with Crippen molar-refractivity contribution >= 4 is 34.6 Å². The molecular formula is C17H20N4O4S. The number of carbonyl (C=O) groups excluding carboxylic acids is 2. The first-order chi connectivity index (χ1) is 12.6. The fourth-order valence-corrected chi connectivity index (χ4v) is 3.29. The predicted molar refractivity (Wildman–Crippen MR) is 98.8 cm³/mol. The number of ether oxygens (including phenoxy) is 2. The van der Waals surface area contributed by atoms with E-state index in [4.69, 9.17) is 15.2 Å². The highest BCUT2D eigenvalue weighted by Gasteiger charge is 2.19. The minimum absolute atomic E-state index is 0.267. The number of morpholine rings is 1. The summed E-state index contributed by atoms with van der Waals surface area (Å²) in [5.41, 5.74) is 7.34. The third-order valence-corrected chi connectivity index (χ3v) is 4.86. The van der Waals surface area contributed by atoms with Crippen molar-refractivity contribution < 1.29 is 19.1 Å². The van der Waals surface area contributed by atoms with E-state index in [2.05, 4.69) is 15.2 Å². The minimum atomic E-state index is -0.517. The second kappa shape index (κ2) is 8.26. The molecule has 1 aromatic heterocycles. The van der Waals surface area contributed by atoms with Gasteiger partial charge in [-0.1, -0.05) is 0 Å². The Balaban J connectivity index is 1.85. The first kappa shape index (κ1) is 18.3. The molecule has 1 aliphatic rings. The van der Waals surface area contributed by atoms with Gasteiger partial charge in [-0.05, 0) is 18.2 Å². The van der Waals surface area contributed by atoms with Crippen LogP contribution in [0.1, 0.15) is 25.9 Å². The molecule has 3 rings (SSSR count). The van der Waals surface area contributed by atoms with E-state index in [1.165, 1.54) is 18.4 Å². The molecule has 138 valence electrons. The van der Waals surface area contributed by atoms with Crippen LogP contribution in [0.3, 0.4) is 0 Å². The Morgan fingerprint density at radius 3 is 2.81 bits per heavy atom. The summed E-state index contributed by atoms with van der Waals surface area (Å²) in [4.78, 5) is 30.9. The molecule has 9 heteroatoms. The molecule has 8 nitrogen and oxygen atoms in total. The standard InChI is InChI=1S/C17H20N4O4S/c1-24-17(23)12-8-11(21-4-6-25-7-5-21)2-3-13(12)20-16(22)14-10-26-15(9-18)19-14/h2-3,8,10H,4-7,9,18H2,1H3,(H,20,22). The van der Waals surface area contributed by atoms with Crippen LogP contribution < -0.4 is 16.0 Å². The van der Waals surface area contributed by atoms with Gasteiger partial charge in [0.2, 0.25) is 0 Å². The van der Waals surface area contributed by atoms with Crippen LogP contribution in [0.15, 0.2) is 23.6 Å². The number of aromatic nitrogens is 1. The van der Waals surface area contributed by atoms with Gasteiger partial charge in [-0.2, -0.15) is 0 Å². The van der Waals surface area contributed by atoms with Gasteiger partial charge in [-0.3, -0.25) is 4.79 Å². The van der Waals surface area contributed by atoms with E-state index in [-0.39, 0.29) is 12.2 Å². The van der Waals surface area contributed by atoms with E-state index in [1.54, 1.807) is 17.5 Å². The molecule has 1 saturated heterocycles. The molecule has 1 fully saturated rings. The molecule has 26 heavy (non-hydrogen) atoms. The molecule has 1 aliphatic heterocycles. The number of benzene rings is 1. The van der Waals surface area contributed by atoms with Crippen LogP contribution in [-0.2, 0) is 16.0 Å². The molecule has 0 bridgehead atoms. The normalized spacial score (nSPS) is 14.2. The summed E-state index contributed by atoms with van der Waals surface area (Å²) in [6.07, 6.45) is 0. The van der Waals surface area contributed by atoms with E-state index < -0.39 is 11.9 Å². The number of rotatable bonds is 5. The van der Waals surface area contributed by atoms with E-state index >= 15 is 0 Å².